The summed E-state index contributed by atoms with van der Waals surface area (Å²) in [7, 11) is 1.82. The van der Waals surface area contributed by atoms with E-state index >= 15 is 0 Å². The summed E-state index contributed by atoms with van der Waals surface area (Å²) >= 11 is 0. The zero-order valence-corrected chi connectivity index (χ0v) is 15.4. The maximum atomic E-state index is 10.8. The second-order valence-electron chi connectivity index (χ2n) is 6.98. The summed E-state index contributed by atoms with van der Waals surface area (Å²) in [6, 6.07) is -0.892. The standard InChI is InChI=1S/C16H25N7O5/c1-22(4-2-3-8(17)16(26)27)5-9-11(24)12(25)15(28-9)23-7-21-10-13(18)19-6-20-14(10)23/h6-9,11-12,15,24-25H,2-5,17H2,1H3,(H,26,27)(H2,18,19,20)/t8-,9-,11-,12-,15-/m1/s1. The lowest BCUT2D eigenvalue weighted by molar-refractivity contribution is -0.138. The number of rotatable bonds is 8. The molecule has 0 spiro atoms. The van der Waals surface area contributed by atoms with Crippen LogP contribution in [0, 0.1) is 0 Å². The van der Waals surface area contributed by atoms with Gasteiger partial charge in [0.1, 0.15) is 36.2 Å². The molecule has 0 aliphatic carbocycles. The highest BCUT2D eigenvalue weighted by molar-refractivity contribution is 5.81. The van der Waals surface area contributed by atoms with Crippen LogP contribution in [0.5, 0.6) is 0 Å². The number of aliphatic hydroxyl groups excluding tert-OH is 2. The first-order chi connectivity index (χ1) is 13.3. The second-order valence-corrected chi connectivity index (χ2v) is 6.98. The first kappa shape index (κ1) is 20.4. The van der Waals surface area contributed by atoms with E-state index in [0.29, 0.717) is 37.1 Å². The summed E-state index contributed by atoms with van der Waals surface area (Å²) in [6.07, 6.45) is -0.126. The van der Waals surface area contributed by atoms with E-state index in [-0.39, 0.29) is 5.82 Å². The van der Waals surface area contributed by atoms with Crippen LogP contribution in [0.2, 0.25) is 0 Å². The largest absolute Gasteiger partial charge is 0.480 e. The highest BCUT2D eigenvalue weighted by Gasteiger charge is 2.44. The van der Waals surface area contributed by atoms with Gasteiger partial charge in [0.2, 0.25) is 0 Å². The molecule has 0 amide bonds. The van der Waals surface area contributed by atoms with E-state index in [1.165, 1.54) is 17.2 Å². The van der Waals surface area contributed by atoms with Crippen LogP contribution >= 0.6 is 0 Å². The van der Waals surface area contributed by atoms with Gasteiger partial charge in [0.05, 0.1) is 6.33 Å². The van der Waals surface area contributed by atoms with Crippen LogP contribution in [0.4, 0.5) is 5.82 Å². The SMILES string of the molecule is CN(CCC[C@@H](N)C(=O)O)C[C@H]1O[C@@H](n2cnc3c(N)ncnc32)[C@H](O)[C@@H]1O. The lowest BCUT2D eigenvalue weighted by Gasteiger charge is -2.23. The van der Waals surface area contributed by atoms with Crippen molar-refractivity contribution in [1.29, 1.82) is 0 Å². The molecule has 1 saturated heterocycles. The predicted molar refractivity (Wildman–Crippen MR) is 98.0 cm³/mol. The normalized spacial score (nSPS) is 26.2. The van der Waals surface area contributed by atoms with Gasteiger partial charge in [0.15, 0.2) is 17.7 Å². The van der Waals surface area contributed by atoms with E-state index in [0.717, 1.165) is 0 Å². The molecule has 7 N–H and O–H groups in total. The van der Waals surface area contributed by atoms with Gasteiger partial charge in [-0.25, -0.2) is 15.0 Å². The number of hydrogen-bond donors (Lipinski definition) is 5. The smallest absolute Gasteiger partial charge is 0.320 e. The topological polar surface area (TPSA) is 186 Å². The highest BCUT2D eigenvalue weighted by Crippen LogP contribution is 2.32. The van der Waals surface area contributed by atoms with Crippen LogP contribution in [0.1, 0.15) is 19.1 Å². The Morgan fingerprint density at radius 1 is 1.36 bits per heavy atom. The number of anilines is 1. The Morgan fingerprint density at radius 3 is 2.82 bits per heavy atom. The Hall–Kier alpha value is -2.38. The van der Waals surface area contributed by atoms with Gasteiger partial charge in [-0.1, -0.05) is 0 Å². The molecule has 0 bridgehead atoms. The molecule has 12 heteroatoms. The van der Waals surface area contributed by atoms with Crippen LogP contribution in [-0.4, -0.2) is 90.2 Å². The van der Waals surface area contributed by atoms with Gasteiger partial charge in [-0.3, -0.25) is 9.36 Å². The molecule has 0 unspecified atom stereocenters. The number of hydrogen-bond acceptors (Lipinski definition) is 10. The van der Waals surface area contributed by atoms with Crippen LogP contribution in [0.3, 0.4) is 0 Å². The number of carboxylic acids is 1. The summed E-state index contributed by atoms with van der Waals surface area (Å²) in [6.45, 7) is 0.923. The molecule has 0 aromatic carbocycles. The number of nitrogens with two attached hydrogens (primary N) is 2. The fraction of sp³-hybridized carbons (Fsp3) is 0.625. The van der Waals surface area contributed by atoms with Gasteiger partial charge in [-0.2, -0.15) is 0 Å². The Bertz CT molecular complexity index is 831. The number of aliphatic carboxylic acids is 1. The molecule has 5 atom stereocenters. The lowest BCUT2D eigenvalue weighted by atomic mass is 10.1. The van der Waals surface area contributed by atoms with Gasteiger partial charge in [0.25, 0.3) is 0 Å². The Labute approximate surface area is 160 Å². The molecule has 0 radical (unpaired) electrons. The number of ether oxygens (including phenoxy) is 1. The Kier molecular flexibility index (Phi) is 6.05. The van der Waals surface area contributed by atoms with E-state index < -0.39 is 36.6 Å². The fourth-order valence-corrected chi connectivity index (χ4v) is 3.27. The quantitative estimate of drug-likeness (QED) is 0.338. The van der Waals surface area contributed by atoms with Crippen LogP contribution in [0.15, 0.2) is 12.7 Å². The summed E-state index contributed by atoms with van der Waals surface area (Å²) in [5.41, 5.74) is 12.1. The molecule has 28 heavy (non-hydrogen) atoms. The van der Waals surface area contributed by atoms with Crippen molar-refractivity contribution in [3.63, 3.8) is 0 Å². The van der Waals surface area contributed by atoms with Gasteiger partial charge in [-0.15, -0.1) is 0 Å². The summed E-state index contributed by atoms with van der Waals surface area (Å²) in [5.74, 6) is -0.812. The van der Waals surface area contributed by atoms with E-state index in [9.17, 15) is 15.0 Å². The van der Waals surface area contributed by atoms with Crippen molar-refractivity contribution in [2.45, 2.75) is 43.4 Å². The Morgan fingerprint density at radius 2 is 2.11 bits per heavy atom. The van der Waals surface area contributed by atoms with E-state index in [4.69, 9.17) is 21.3 Å². The van der Waals surface area contributed by atoms with E-state index in [1.807, 2.05) is 11.9 Å². The summed E-state index contributed by atoms with van der Waals surface area (Å²) in [4.78, 5) is 24.8. The van der Waals surface area contributed by atoms with Gasteiger partial charge in [0, 0.05) is 6.54 Å². The molecule has 3 rings (SSSR count). The highest BCUT2D eigenvalue weighted by atomic mass is 16.6. The number of fused-ring (bicyclic) bond motifs is 1. The number of nitrogen functional groups attached to an aromatic ring is 1. The monoisotopic (exact) mass is 395 g/mol. The van der Waals surface area contributed by atoms with Crippen molar-refractivity contribution < 1.29 is 24.9 Å². The zero-order chi connectivity index (χ0) is 20.4. The van der Waals surface area contributed by atoms with Crippen molar-refractivity contribution in [2.75, 3.05) is 25.9 Å². The Balaban J connectivity index is 1.62. The average Bonchev–Trinajstić information content (AvgIpc) is 3.19. The number of nitrogens with zero attached hydrogens (tertiary/aromatic N) is 5. The first-order valence-corrected chi connectivity index (χ1v) is 8.91. The number of likely N-dealkylation sites (N-methyl/N-ethyl adjacent to an activating group) is 1. The van der Waals surface area contributed by atoms with Crippen molar-refractivity contribution in [3.05, 3.63) is 12.7 Å². The molecular weight excluding hydrogens is 370 g/mol. The maximum absolute atomic E-state index is 10.8. The predicted octanol–water partition coefficient (Wildman–Crippen LogP) is -1.85. The second kappa shape index (κ2) is 8.32. The van der Waals surface area contributed by atoms with Gasteiger partial charge in [-0.05, 0) is 26.4 Å². The third kappa shape index (κ3) is 4.05. The molecule has 1 aliphatic heterocycles. The molecular formula is C16H25N7O5. The maximum Gasteiger partial charge on any atom is 0.320 e. The van der Waals surface area contributed by atoms with E-state index in [2.05, 4.69) is 15.0 Å². The number of aliphatic hydroxyl groups is 2. The first-order valence-electron chi connectivity index (χ1n) is 8.91. The van der Waals surface area contributed by atoms with Crippen molar-refractivity contribution >= 4 is 23.0 Å². The molecule has 2 aromatic rings. The number of aromatic nitrogens is 4. The molecule has 154 valence electrons. The third-order valence-corrected chi connectivity index (χ3v) is 4.86. The molecule has 0 saturated carbocycles. The average molecular weight is 395 g/mol. The van der Waals surface area contributed by atoms with Crippen molar-refractivity contribution in [3.8, 4) is 0 Å². The van der Waals surface area contributed by atoms with E-state index in [1.54, 1.807) is 0 Å². The molecule has 1 aliphatic rings. The molecule has 12 nitrogen and oxygen atoms in total. The zero-order valence-electron chi connectivity index (χ0n) is 15.4. The minimum atomic E-state index is -1.17. The number of imidazole rings is 1. The van der Waals surface area contributed by atoms with Crippen LogP contribution in [0.25, 0.3) is 11.2 Å². The third-order valence-electron chi connectivity index (χ3n) is 4.86. The van der Waals surface area contributed by atoms with Crippen LogP contribution < -0.4 is 11.5 Å². The van der Waals surface area contributed by atoms with Crippen molar-refractivity contribution in [2.24, 2.45) is 5.73 Å². The van der Waals surface area contributed by atoms with Gasteiger partial charge < -0.3 is 36.4 Å². The number of carboxylic acid groups (broad SMARTS) is 1. The van der Waals surface area contributed by atoms with Crippen LogP contribution in [-0.2, 0) is 9.53 Å². The summed E-state index contributed by atoms with van der Waals surface area (Å²) in [5, 5.41) is 29.7. The molecule has 1 fully saturated rings. The minimum absolute atomic E-state index is 0.215. The van der Waals surface area contributed by atoms with Gasteiger partial charge >= 0.3 is 5.97 Å². The summed E-state index contributed by atoms with van der Waals surface area (Å²) < 4.78 is 7.40. The molecule has 3 heterocycles. The molecule has 2 aromatic heterocycles. The fourth-order valence-electron chi connectivity index (χ4n) is 3.27. The number of carbonyl (C=O) groups is 1. The minimum Gasteiger partial charge on any atom is -0.480 e. The lowest BCUT2D eigenvalue weighted by Crippen LogP contribution is -2.39. The van der Waals surface area contributed by atoms with Crippen molar-refractivity contribution in [1.82, 2.24) is 24.4 Å².